The van der Waals surface area contributed by atoms with E-state index in [4.69, 9.17) is 4.74 Å². The van der Waals surface area contributed by atoms with Crippen molar-refractivity contribution < 1.29 is 26.3 Å². The van der Waals surface area contributed by atoms with E-state index in [0.29, 0.717) is 0 Å². The summed E-state index contributed by atoms with van der Waals surface area (Å²) < 4.78 is 63.5. The molecule has 0 unspecified atom stereocenters. The fraction of sp³-hybridized carbons (Fsp3) is 0.400. The van der Waals surface area contributed by atoms with Gasteiger partial charge >= 0.3 is 6.18 Å². The lowest BCUT2D eigenvalue weighted by Crippen LogP contribution is -2.12. The molecule has 3 nitrogen and oxygen atoms in total. The summed E-state index contributed by atoms with van der Waals surface area (Å²) in [4.78, 5) is 0. The number of hydrogen-bond donors (Lipinski definition) is 0. The average Bonchev–Trinajstić information content (AvgIpc) is 2.15. The zero-order chi connectivity index (χ0) is 13.1. The highest BCUT2D eigenvalue weighted by atomic mass is 32.2. The first-order valence-corrected chi connectivity index (χ1v) is 6.72. The fourth-order valence-electron chi connectivity index (χ4n) is 1.07. The number of rotatable bonds is 4. The number of ether oxygens (including phenoxy) is 1. The van der Waals surface area contributed by atoms with Crippen LogP contribution in [0.15, 0.2) is 24.3 Å². The molecule has 0 aliphatic heterocycles. The van der Waals surface area contributed by atoms with Crippen molar-refractivity contribution in [1.29, 1.82) is 0 Å². The van der Waals surface area contributed by atoms with Gasteiger partial charge in [0.05, 0.1) is 11.3 Å². The Balaban J connectivity index is 2.67. The van der Waals surface area contributed by atoms with Crippen molar-refractivity contribution in [3.63, 3.8) is 0 Å². The standard InChI is InChI=1S/C10H11F3O3S/c1-17(14,15)6-5-16-9-4-2-3-8(7-9)10(11,12)13/h2-4,7H,5-6H2,1H3. The molecule has 0 saturated carbocycles. The zero-order valence-corrected chi connectivity index (χ0v) is 9.81. The van der Waals surface area contributed by atoms with Crippen molar-refractivity contribution in [3.8, 4) is 5.75 Å². The Bertz CT molecular complexity index is 480. The lowest BCUT2D eigenvalue weighted by atomic mass is 10.2. The molecule has 0 spiro atoms. The molecular formula is C10H11F3O3S. The molecule has 0 atom stereocenters. The van der Waals surface area contributed by atoms with Gasteiger partial charge in [0.15, 0.2) is 9.84 Å². The van der Waals surface area contributed by atoms with E-state index in [9.17, 15) is 21.6 Å². The molecule has 0 fully saturated rings. The first kappa shape index (κ1) is 13.8. The van der Waals surface area contributed by atoms with Crippen LogP contribution in [0, 0.1) is 0 Å². The van der Waals surface area contributed by atoms with Gasteiger partial charge in [-0.1, -0.05) is 6.07 Å². The van der Waals surface area contributed by atoms with Crippen LogP contribution < -0.4 is 4.74 Å². The van der Waals surface area contributed by atoms with Gasteiger partial charge in [-0.25, -0.2) is 8.42 Å². The second-order valence-electron chi connectivity index (χ2n) is 3.50. The van der Waals surface area contributed by atoms with Crippen LogP contribution in [-0.4, -0.2) is 27.0 Å². The molecule has 0 saturated heterocycles. The first-order valence-electron chi connectivity index (χ1n) is 4.66. The predicted octanol–water partition coefficient (Wildman–Crippen LogP) is 2.13. The van der Waals surface area contributed by atoms with E-state index in [-0.39, 0.29) is 18.1 Å². The highest BCUT2D eigenvalue weighted by Crippen LogP contribution is 2.31. The minimum Gasteiger partial charge on any atom is -0.493 e. The quantitative estimate of drug-likeness (QED) is 0.840. The average molecular weight is 268 g/mol. The summed E-state index contributed by atoms with van der Waals surface area (Å²) in [6.07, 6.45) is -3.40. The van der Waals surface area contributed by atoms with Gasteiger partial charge < -0.3 is 4.74 Å². The molecule has 17 heavy (non-hydrogen) atoms. The van der Waals surface area contributed by atoms with Gasteiger partial charge in [0.25, 0.3) is 0 Å². The molecule has 0 N–H and O–H groups in total. The summed E-state index contributed by atoms with van der Waals surface area (Å²) in [6.45, 7) is -0.167. The smallest absolute Gasteiger partial charge is 0.416 e. The van der Waals surface area contributed by atoms with Gasteiger partial charge in [0, 0.05) is 6.26 Å². The summed E-state index contributed by atoms with van der Waals surface area (Å²) in [6, 6.07) is 4.31. The van der Waals surface area contributed by atoms with Crippen LogP contribution in [-0.2, 0) is 16.0 Å². The molecule has 7 heteroatoms. The number of sulfone groups is 1. The van der Waals surface area contributed by atoms with Crippen LogP contribution in [0.2, 0.25) is 0 Å². The van der Waals surface area contributed by atoms with Crippen molar-refractivity contribution in [3.05, 3.63) is 29.8 Å². The molecule has 96 valence electrons. The third-order valence-corrected chi connectivity index (χ3v) is 2.79. The molecule has 1 rings (SSSR count). The molecule has 1 aromatic rings. The summed E-state index contributed by atoms with van der Waals surface area (Å²) in [5.41, 5.74) is -0.825. The maximum absolute atomic E-state index is 12.3. The van der Waals surface area contributed by atoms with Gasteiger partial charge in [0.1, 0.15) is 12.4 Å². The van der Waals surface area contributed by atoms with Crippen molar-refractivity contribution in [2.24, 2.45) is 0 Å². The van der Waals surface area contributed by atoms with E-state index in [0.717, 1.165) is 18.4 Å². The maximum Gasteiger partial charge on any atom is 0.416 e. The fourth-order valence-corrected chi connectivity index (χ4v) is 1.46. The van der Waals surface area contributed by atoms with Crippen LogP contribution in [0.1, 0.15) is 5.56 Å². The monoisotopic (exact) mass is 268 g/mol. The van der Waals surface area contributed by atoms with Crippen molar-refractivity contribution in [2.45, 2.75) is 6.18 Å². The number of halogens is 3. The minimum absolute atomic E-state index is 0.00322. The van der Waals surface area contributed by atoms with Crippen LogP contribution in [0.3, 0.4) is 0 Å². The molecule has 1 aromatic carbocycles. The van der Waals surface area contributed by atoms with E-state index < -0.39 is 21.6 Å². The Morgan fingerprint density at radius 3 is 2.47 bits per heavy atom. The largest absolute Gasteiger partial charge is 0.493 e. The Hall–Kier alpha value is -1.24. The highest BCUT2D eigenvalue weighted by molar-refractivity contribution is 7.90. The lowest BCUT2D eigenvalue weighted by molar-refractivity contribution is -0.137. The molecule has 0 amide bonds. The van der Waals surface area contributed by atoms with Crippen molar-refractivity contribution >= 4 is 9.84 Å². The Morgan fingerprint density at radius 2 is 1.94 bits per heavy atom. The summed E-state index contributed by atoms with van der Waals surface area (Å²) >= 11 is 0. The van der Waals surface area contributed by atoms with Gasteiger partial charge in [-0.3, -0.25) is 0 Å². The Labute approximate surface area is 97.1 Å². The summed E-state index contributed by atoms with van der Waals surface area (Å²) in [7, 11) is -3.18. The van der Waals surface area contributed by atoms with Crippen LogP contribution in [0.25, 0.3) is 0 Å². The molecule has 0 heterocycles. The zero-order valence-electron chi connectivity index (χ0n) is 8.99. The number of benzene rings is 1. The lowest BCUT2D eigenvalue weighted by Gasteiger charge is -2.09. The molecule has 0 radical (unpaired) electrons. The maximum atomic E-state index is 12.3. The van der Waals surface area contributed by atoms with Crippen LogP contribution in [0.4, 0.5) is 13.2 Å². The summed E-state index contributed by atoms with van der Waals surface area (Å²) in [5.74, 6) is -0.230. The predicted molar refractivity (Wildman–Crippen MR) is 56.6 cm³/mol. The molecule has 0 bridgehead atoms. The van der Waals surface area contributed by atoms with E-state index >= 15 is 0 Å². The Morgan fingerprint density at radius 1 is 1.29 bits per heavy atom. The number of alkyl halides is 3. The van der Waals surface area contributed by atoms with Crippen molar-refractivity contribution in [1.82, 2.24) is 0 Å². The van der Waals surface area contributed by atoms with E-state index in [2.05, 4.69) is 0 Å². The molecular weight excluding hydrogens is 257 g/mol. The van der Waals surface area contributed by atoms with E-state index in [1.807, 2.05) is 0 Å². The summed E-state index contributed by atoms with van der Waals surface area (Å²) in [5, 5.41) is 0. The highest BCUT2D eigenvalue weighted by Gasteiger charge is 2.30. The third-order valence-electron chi connectivity index (χ3n) is 1.88. The van der Waals surface area contributed by atoms with Gasteiger partial charge in [0.2, 0.25) is 0 Å². The SMILES string of the molecule is CS(=O)(=O)CCOc1cccc(C(F)(F)F)c1. The van der Waals surface area contributed by atoms with Crippen molar-refractivity contribution in [2.75, 3.05) is 18.6 Å². The normalized spacial score (nSPS) is 12.5. The number of hydrogen-bond acceptors (Lipinski definition) is 3. The van der Waals surface area contributed by atoms with E-state index in [1.165, 1.54) is 12.1 Å². The van der Waals surface area contributed by atoms with Crippen LogP contribution >= 0.6 is 0 Å². The molecule has 0 aliphatic carbocycles. The van der Waals surface area contributed by atoms with Gasteiger partial charge in [-0.2, -0.15) is 13.2 Å². The van der Waals surface area contributed by atoms with Crippen LogP contribution in [0.5, 0.6) is 5.75 Å². The second kappa shape index (κ2) is 4.95. The molecule has 0 aromatic heterocycles. The molecule has 0 aliphatic rings. The first-order chi connectivity index (χ1) is 7.68. The minimum atomic E-state index is -4.43. The second-order valence-corrected chi connectivity index (χ2v) is 5.76. The van der Waals surface area contributed by atoms with Gasteiger partial charge in [-0.05, 0) is 18.2 Å². The topological polar surface area (TPSA) is 43.4 Å². The van der Waals surface area contributed by atoms with Gasteiger partial charge in [-0.15, -0.1) is 0 Å². The Kier molecular flexibility index (Phi) is 4.03. The third kappa shape index (κ3) is 5.08. The van der Waals surface area contributed by atoms with E-state index in [1.54, 1.807) is 0 Å².